The second-order valence-electron chi connectivity index (χ2n) is 5.74. The summed E-state index contributed by atoms with van der Waals surface area (Å²) in [6.07, 6.45) is 0. The van der Waals surface area contributed by atoms with E-state index in [-0.39, 0.29) is 17.2 Å². The molecule has 0 unspecified atom stereocenters. The van der Waals surface area contributed by atoms with Crippen molar-refractivity contribution in [3.8, 4) is 11.5 Å². The van der Waals surface area contributed by atoms with Crippen molar-refractivity contribution < 1.29 is 19.2 Å². The predicted octanol–water partition coefficient (Wildman–Crippen LogP) is 3.58. The van der Waals surface area contributed by atoms with Crippen LogP contribution in [0.4, 0.5) is 5.69 Å². The van der Waals surface area contributed by atoms with Crippen molar-refractivity contribution >= 4 is 11.6 Å². The number of methoxy groups -OCH3 is 2. The Labute approximate surface area is 152 Å². The lowest BCUT2D eigenvalue weighted by Gasteiger charge is -2.22. The first kappa shape index (κ1) is 19.2. The number of carbonyl (C=O) groups excluding carboxylic acids is 1. The Morgan fingerprint density at radius 1 is 1.15 bits per heavy atom. The van der Waals surface area contributed by atoms with E-state index in [9.17, 15) is 14.9 Å². The number of hydrogen-bond donors (Lipinski definition) is 0. The van der Waals surface area contributed by atoms with Crippen LogP contribution in [0.2, 0.25) is 0 Å². The molecule has 0 aromatic heterocycles. The molecular formula is C19H22N2O5. The summed E-state index contributed by atoms with van der Waals surface area (Å²) in [6.45, 7) is 4.18. The third-order valence-corrected chi connectivity index (χ3v) is 4.14. The summed E-state index contributed by atoms with van der Waals surface area (Å²) in [5.74, 6) is 0.785. The van der Waals surface area contributed by atoms with E-state index in [1.165, 1.54) is 6.07 Å². The largest absolute Gasteiger partial charge is 0.493 e. The smallest absolute Gasteiger partial charge is 0.285 e. The number of nitro groups is 1. The minimum atomic E-state index is -0.507. The van der Waals surface area contributed by atoms with E-state index in [1.54, 1.807) is 50.3 Å². The third kappa shape index (κ3) is 3.93. The molecule has 7 nitrogen and oxygen atoms in total. The number of aryl methyl sites for hydroxylation is 1. The fraction of sp³-hybridized carbons (Fsp3) is 0.316. The van der Waals surface area contributed by atoms with E-state index in [0.29, 0.717) is 30.2 Å². The Morgan fingerprint density at radius 2 is 1.85 bits per heavy atom. The number of benzene rings is 2. The van der Waals surface area contributed by atoms with Crippen LogP contribution < -0.4 is 9.47 Å². The van der Waals surface area contributed by atoms with E-state index >= 15 is 0 Å². The van der Waals surface area contributed by atoms with Crippen molar-refractivity contribution in [1.29, 1.82) is 0 Å². The van der Waals surface area contributed by atoms with Crippen molar-refractivity contribution in [2.75, 3.05) is 20.8 Å². The quantitative estimate of drug-likeness (QED) is 0.558. The maximum absolute atomic E-state index is 12.9. The highest BCUT2D eigenvalue weighted by Crippen LogP contribution is 2.29. The lowest BCUT2D eigenvalue weighted by molar-refractivity contribution is -0.385. The van der Waals surface area contributed by atoms with Crippen LogP contribution in [0.3, 0.4) is 0 Å². The summed E-state index contributed by atoms with van der Waals surface area (Å²) in [5, 5.41) is 11.4. The number of hydrogen-bond acceptors (Lipinski definition) is 5. The first-order valence-corrected chi connectivity index (χ1v) is 8.17. The van der Waals surface area contributed by atoms with Crippen molar-refractivity contribution in [2.45, 2.75) is 20.4 Å². The van der Waals surface area contributed by atoms with Crippen molar-refractivity contribution in [3.63, 3.8) is 0 Å². The first-order chi connectivity index (χ1) is 12.4. The second-order valence-corrected chi connectivity index (χ2v) is 5.74. The molecule has 0 aliphatic carbocycles. The fourth-order valence-electron chi connectivity index (χ4n) is 2.77. The molecule has 0 atom stereocenters. The van der Waals surface area contributed by atoms with Crippen LogP contribution in [0.5, 0.6) is 11.5 Å². The molecule has 2 aromatic rings. The number of para-hydroxylation sites is 1. The van der Waals surface area contributed by atoms with E-state index in [2.05, 4.69) is 0 Å². The fourth-order valence-corrected chi connectivity index (χ4v) is 2.77. The zero-order valence-electron chi connectivity index (χ0n) is 15.3. The Balaban J connectivity index is 2.34. The maximum Gasteiger partial charge on any atom is 0.285 e. The average molecular weight is 358 g/mol. The molecule has 2 aromatic carbocycles. The van der Waals surface area contributed by atoms with Gasteiger partial charge in [0.1, 0.15) is 5.56 Å². The van der Waals surface area contributed by atoms with Gasteiger partial charge in [-0.2, -0.15) is 0 Å². The highest BCUT2D eigenvalue weighted by atomic mass is 16.6. The molecule has 1 amide bonds. The van der Waals surface area contributed by atoms with E-state index in [0.717, 1.165) is 5.56 Å². The molecule has 7 heteroatoms. The van der Waals surface area contributed by atoms with Gasteiger partial charge in [-0.3, -0.25) is 14.9 Å². The van der Waals surface area contributed by atoms with Crippen LogP contribution >= 0.6 is 0 Å². The van der Waals surface area contributed by atoms with Crippen molar-refractivity contribution in [3.05, 3.63) is 63.2 Å². The Morgan fingerprint density at radius 3 is 2.42 bits per heavy atom. The number of amides is 1. The van der Waals surface area contributed by atoms with Gasteiger partial charge in [-0.15, -0.1) is 0 Å². The zero-order chi connectivity index (χ0) is 19.3. The Kier molecular flexibility index (Phi) is 6.16. The molecule has 0 saturated heterocycles. The Bertz CT molecular complexity index is 820. The molecule has 26 heavy (non-hydrogen) atoms. The maximum atomic E-state index is 12.9. The Hall–Kier alpha value is -3.09. The first-order valence-electron chi connectivity index (χ1n) is 8.17. The van der Waals surface area contributed by atoms with Crippen LogP contribution in [-0.2, 0) is 6.54 Å². The topological polar surface area (TPSA) is 81.9 Å². The summed E-state index contributed by atoms with van der Waals surface area (Å²) in [7, 11) is 3.09. The van der Waals surface area contributed by atoms with E-state index in [4.69, 9.17) is 9.47 Å². The van der Waals surface area contributed by atoms with Gasteiger partial charge in [0.05, 0.1) is 19.1 Å². The van der Waals surface area contributed by atoms with Crippen molar-refractivity contribution in [1.82, 2.24) is 4.90 Å². The highest BCUT2D eigenvalue weighted by molar-refractivity contribution is 5.98. The normalized spacial score (nSPS) is 10.3. The van der Waals surface area contributed by atoms with Gasteiger partial charge >= 0.3 is 0 Å². The van der Waals surface area contributed by atoms with Gasteiger partial charge in [0.2, 0.25) is 0 Å². The van der Waals surface area contributed by atoms with Crippen LogP contribution in [0.15, 0.2) is 36.4 Å². The molecule has 0 N–H and O–H groups in total. The molecule has 0 radical (unpaired) electrons. The SMILES string of the molecule is CCN(Cc1ccc(OC)c(OC)c1)C(=O)c1cccc(C)c1[N+](=O)[O-]. The minimum absolute atomic E-state index is 0.0947. The van der Waals surface area contributed by atoms with Gasteiger partial charge in [-0.1, -0.05) is 18.2 Å². The molecular weight excluding hydrogens is 336 g/mol. The molecule has 0 aliphatic rings. The second kappa shape index (κ2) is 8.33. The van der Waals surface area contributed by atoms with E-state index < -0.39 is 4.92 Å². The average Bonchev–Trinajstić information content (AvgIpc) is 2.64. The summed E-state index contributed by atoms with van der Waals surface area (Å²) in [6, 6.07) is 10.2. The zero-order valence-corrected chi connectivity index (χ0v) is 15.3. The van der Waals surface area contributed by atoms with Crippen LogP contribution in [0.25, 0.3) is 0 Å². The monoisotopic (exact) mass is 358 g/mol. The summed E-state index contributed by atoms with van der Waals surface area (Å²) >= 11 is 0. The van der Waals surface area contributed by atoms with Gasteiger partial charge < -0.3 is 14.4 Å². The van der Waals surface area contributed by atoms with Crippen LogP contribution in [-0.4, -0.2) is 36.5 Å². The molecule has 0 fully saturated rings. The molecule has 0 bridgehead atoms. The predicted molar refractivity (Wildman–Crippen MR) is 97.8 cm³/mol. The number of nitrogens with zero attached hydrogens (tertiary/aromatic N) is 2. The van der Waals surface area contributed by atoms with Gasteiger partial charge in [0, 0.05) is 18.7 Å². The molecule has 0 saturated carbocycles. The lowest BCUT2D eigenvalue weighted by atomic mass is 10.1. The summed E-state index contributed by atoms with van der Waals surface area (Å²) in [4.78, 5) is 25.3. The van der Waals surface area contributed by atoms with Gasteiger partial charge in [-0.25, -0.2) is 0 Å². The van der Waals surface area contributed by atoms with E-state index in [1.807, 2.05) is 13.0 Å². The number of ether oxygens (including phenoxy) is 2. The highest BCUT2D eigenvalue weighted by Gasteiger charge is 2.26. The van der Waals surface area contributed by atoms with Gasteiger partial charge in [0.15, 0.2) is 11.5 Å². The molecule has 0 aliphatic heterocycles. The third-order valence-electron chi connectivity index (χ3n) is 4.14. The molecule has 2 rings (SSSR count). The number of rotatable bonds is 7. The van der Waals surface area contributed by atoms with Gasteiger partial charge in [0.25, 0.3) is 11.6 Å². The molecule has 0 heterocycles. The van der Waals surface area contributed by atoms with Crippen molar-refractivity contribution in [2.24, 2.45) is 0 Å². The lowest BCUT2D eigenvalue weighted by Crippen LogP contribution is -2.31. The van der Waals surface area contributed by atoms with Crippen LogP contribution in [0, 0.1) is 17.0 Å². The van der Waals surface area contributed by atoms with Crippen LogP contribution in [0.1, 0.15) is 28.4 Å². The summed E-state index contributed by atoms with van der Waals surface area (Å²) < 4.78 is 10.5. The van der Waals surface area contributed by atoms with Gasteiger partial charge in [-0.05, 0) is 37.6 Å². The minimum Gasteiger partial charge on any atom is -0.493 e. The molecule has 138 valence electrons. The number of nitro benzene ring substituents is 1. The standard InChI is InChI=1S/C19H22N2O5/c1-5-20(12-14-9-10-16(25-3)17(11-14)26-4)19(22)15-8-6-7-13(2)18(15)21(23)24/h6-11H,5,12H2,1-4H3. The number of carbonyl (C=O) groups is 1. The molecule has 0 spiro atoms. The summed E-state index contributed by atoms with van der Waals surface area (Å²) in [5.41, 5.74) is 1.25.